The number of fused-ring (bicyclic) bond motifs is 1. The van der Waals surface area contributed by atoms with Crippen molar-refractivity contribution in [3.8, 4) is 0 Å². The maximum absolute atomic E-state index is 13.4. The molecule has 7 nitrogen and oxygen atoms in total. The third kappa shape index (κ3) is 3.90. The van der Waals surface area contributed by atoms with Crippen LogP contribution in [0, 0.1) is 11.8 Å². The van der Waals surface area contributed by atoms with Crippen LogP contribution < -0.4 is 0 Å². The molecule has 1 aromatic heterocycles. The second-order valence-corrected chi connectivity index (χ2v) is 8.14. The summed E-state index contributed by atoms with van der Waals surface area (Å²) in [6, 6.07) is 7.80. The second kappa shape index (κ2) is 8.31. The van der Waals surface area contributed by atoms with Crippen LogP contribution in [0.5, 0.6) is 0 Å². The molecule has 2 amide bonds. The molecule has 2 aromatic rings. The highest BCUT2D eigenvalue weighted by molar-refractivity contribution is 5.80. The van der Waals surface area contributed by atoms with Crippen molar-refractivity contribution >= 4 is 23.4 Å². The molecule has 2 aliphatic rings. The molecular weight excluding hydrogens is 356 g/mol. The number of hydroxylamine groups is 2. The number of hydrogen-bond acceptors (Lipinski definition) is 4. The topological polar surface area (TPSA) is 89.5 Å². The lowest BCUT2D eigenvalue weighted by Crippen LogP contribution is -2.41. The predicted octanol–water partition coefficient (Wildman–Crippen LogP) is 3.27. The summed E-state index contributed by atoms with van der Waals surface area (Å²) in [6.45, 7) is 0.746. The first kappa shape index (κ1) is 18.9. The average Bonchev–Trinajstić information content (AvgIpc) is 3.45. The van der Waals surface area contributed by atoms with Crippen molar-refractivity contribution in [2.75, 3.05) is 13.1 Å². The van der Waals surface area contributed by atoms with E-state index in [1.807, 2.05) is 29.2 Å². The number of benzene rings is 1. The van der Waals surface area contributed by atoms with E-state index in [-0.39, 0.29) is 24.4 Å². The summed E-state index contributed by atoms with van der Waals surface area (Å²) in [5.74, 6) is 0.975. The van der Waals surface area contributed by atoms with Crippen molar-refractivity contribution in [2.24, 2.45) is 11.8 Å². The molecule has 0 radical (unpaired) electrons. The van der Waals surface area contributed by atoms with Gasteiger partial charge in [0, 0.05) is 6.54 Å². The smallest absolute Gasteiger partial charge is 0.233 e. The first-order valence-corrected chi connectivity index (χ1v) is 10.3. The normalized spacial score (nSPS) is 21.3. The summed E-state index contributed by atoms with van der Waals surface area (Å²) in [7, 11) is 0. The number of nitrogens with zero attached hydrogens (tertiary/aromatic N) is 3. The number of rotatable bonds is 7. The van der Waals surface area contributed by atoms with Crippen LogP contribution in [0.2, 0.25) is 0 Å². The third-order valence-corrected chi connectivity index (χ3v) is 6.23. The molecule has 150 valence electrons. The van der Waals surface area contributed by atoms with Crippen molar-refractivity contribution in [3.63, 3.8) is 0 Å². The van der Waals surface area contributed by atoms with Crippen molar-refractivity contribution in [2.45, 2.75) is 51.0 Å². The zero-order chi connectivity index (χ0) is 19.5. The molecule has 0 unspecified atom stereocenters. The van der Waals surface area contributed by atoms with E-state index in [1.54, 1.807) is 0 Å². The fourth-order valence-corrected chi connectivity index (χ4v) is 4.85. The van der Waals surface area contributed by atoms with E-state index in [4.69, 9.17) is 4.98 Å². The van der Waals surface area contributed by atoms with Gasteiger partial charge in [-0.3, -0.25) is 14.8 Å². The Hall–Kier alpha value is -2.41. The van der Waals surface area contributed by atoms with Gasteiger partial charge in [0.25, 0.3) is 0 Å². The molecule has 2 atom stereocenters. The fraction of sp³-hybridized carbons (Fsp3) is 0.571. The van der Waals surface area contributed by atoms with Crippen molar-refractivity contribution in [1.82, 2.24) is 19.9 Å². The lowest BCUT2D eigenvalue weighted by Gasteiger charge is -2.30. The molecule has 1 saturated carbocycles. The monoisotopic (exact) mass is 384 g/mol. The summed E-state index contributed by atoms with van der Waals surface area (Å²) in [6.07, 6.45) is 7.58. The predicted molar refractivity (Wildman–Crippen MR) is 104 cm³/mol. The van der Waals surface area contributed by atoms with E-state index in [2.05, 4.69) is 4.98 Å². The van der Waals surface area contributed by atoms with Gasteiger partial charge in [-0.2, -0.15) is 0 Å². The van der Waals surface area contributed by atoms with Gasteiger partial charge in [-0.1, -0.05) is 37.8 Å². The van der Waals surface area contributed by atoms with Gasteiger partial charge in [-0.25, -0.2) is 10.0 Å². The Kier molecular flexibility index (Phi) is 5.62. The number of carbonyl (C=O) groups is 2. The molecule has 1 aliphatic heterocycles. The van der Waals surface area contributed by atoms with Crippen molar-refractivity contribution in [1.29, 1.82) is 0 Å². The van der Waals surface area contributed by atoms with Crippen LogP contribution >= 0.6 is 0 Å². The van der Waals surface area contributed by atoms with Crippen LogP contribution in [0.1, 0.15) is 56.8 Å². The number of aromatic nitrogens is 2. The Labute approximate surface area is 164 Å². The number of H-pyrrole nitrogens is 1. The molecule has 4 rings (SSSR count). The minimum atomic E-state index is -0.372. The quantitative estimate of drug-likeness (QED) is 0.436. The standard InChI is InChI=1S/C21H28N4O3/c26-14-24(28)13-16(12-15-6-1-2-7-15)21(27)25-11-5-10-19(25)20-22-17-8-3-4-9-18(17)23-20/h3-4,8-9,14-16,19,28H,1-2,5-7,10-13H2,(H,22,23)/t16-,19+/m1/s1. The van der Waals surface area contributed by atoms with Crippen molar-refractivity contribution < 1.29 is 14.8 Å². The lowest BCUT2D eigenvalue weighted by atomic mass is 9.91. The summed E-state index contributed by atoms with van der Waals surface area (Å²) in [5.41, 5.74) is 1.88. The molecule has 1 saturated heterocycles. The Morgan fingerprint density at radius 2 is 2.07 bits per heavy atom. The minimum Gasteiger partial charge on any atom is -0.340 e. The molecule has 1 aliphatic carbocycles. The van der Waals surface area contributed by atoms with Crippen LogP contribution in [-0.2, 0) is 9.59 Å². The van der Waals surface area contributed by atoms with Crippen LogP contribution in [0.3, 0.4) is 0 Å². The van der Waals surface area contributed by atoms with Gasteiger partial charge in [0.1, 0.15) is 5.82 Å². The van der Waals surface area contributed by atoms with E-state index < -0.39 is 0 Å². The molecule has 2 N–H and O–H groups in total. The van der Waals surface area contributed by atoms with Crippen LogP contribution in [0.4, 0.5) is 0 Å². The number of imidazole rings is 1. The van der Waals surface area contributed by atoms with Gasteiger partial charge in [-0.05, 0) is 37.3 Å². The van der Waals surface area contributed by atoms with E-state index in [0.29, 0.717) is 23.9 Å². The lowest BCUT2D eigenvalue weighted by molar-refractivity contribution is -0.157. The van der Waals surface area contributed by atoms with E-state index in [1.165, 1.54) is 12.8 Å². The largest absolute Gasteiger partial charge is 0.340 e. The first-order chi connectivity index (χ1) is 13.7. The number of amides is 2. The molecule has 2 fully saturated rings. The van der Waals surface area contributed by atoms with E-state index in [0.717, 1.165) is 49.0 Å². The molecular formula is C21H28N4O3. The van der Waals surface area contributed by atoms with Gasteiger partial charge in [-0.15, -0.1) is 0 Å². The minimum absolute atomic E-state index is 0.0238. The van der Waals surface area contributed by atoms with Gasteiger partial charge < -0.3 is 9.88 Å². The fourth-order valence-electron chi connectivity index (χ4n) is 4.85. The number of para-hydroxylation sites is 2. The Balaban J connectivity index is 1.54. The number of carbonyl (C=O) groups excluding carboxylic acids is 2. The summed E-state index contributed by atoms with van der Waals surface area (Å²) in [5, 5.41) is 10.4. The SMILES string of the molecule is O=CN(O)C[C@@H](CC1CCCC1)C(=O)N1CCC[C@H]1c1nc2ccccc2[nH]1. The van der Waals surface area contributed by atoms with Gasteiger partial charge in [0.05, 0.1) is 29.5 Å². The highest BCUT2D eigenvalue weighted by Crippen LogP contribution is 2.36. The number of aromatic amines is 1. The highest BCUT2D eigenvalue weighted by atomic mass is 16.5. The first-order valence-electron chi connectivity index (χ1n) is 10.3. The van der Waals surface area contributed by atoms with Crippen LogP contribution in [0.25, 0.3) is 11.0 Å². The van der Waals surface area contributed by atoms with Crippen molar-refractivity contribution in [3.05, 3.63) is 30.1 Å². The summed E-state index contributed by atoms with van der Waals surface area (Å²) < 4.78 is 0. The molecule has 1 aromatic carbocycles. The van der Waals surface area contributed by atoms with Gasteiger partial charge in [0.15, 0.2) is 0 Å². The van der Waals surface area contributed by atoms with E-state index >= 15 is 0 Å². The van der Waals surface area contributed by atoms with Gasteiger partial charge in [0.2, 0.25) is 12.3 Å². The third-order valence-electron chi connectivity index (χ3n) is 6.23. The molecule has 7 heteroatoms. The molecule has 0 spiro atoms. The van der Waals surface area contributed by atoms with E-state index in [9.17, 15) is 14.8 Å². The summed E-state index contributed by atoms with van der Waals surface area (Å²) in [4.78, 5) is 34.3. The maximum Gasteiger partial charge on any atom is 0.233 e. The zero-order valence-electron chi connectivity index (χ0n) is 16.1. The molecule has 28 heavy (non-hydrogen) atoms. The Bertz CT molecular complexity index is 797. The second-order valence-electron chi connectivity index (χ2n) is 8.14. The van der Waals surface area contributed by atoms with Crippen LogP contribution in [-0.4, -0.2) is 50.5 Å². The Morgan fingerprint density at radius 3 is 2.82 bits per heavy atom. The number of nitrogens with one attached hydrogen (secondary N) is 1. The molecule has 2 heterocycles. The summed E-state index contributed by atoms with van der Waals surface area (Å²) >= 11 is 0. The number of hydrogen-bond donors (Lipinski definition) is 2. The number of likely N-dealkylation sites (tertiary alicyclic amines) is 1. The molecule has 0 bridgehead atoms. The van der Waals surface area contributed by atoms with Gasteiger partial charge >= 0.3 is 0 Å². The highest BCUT2D eigenvalue weighted by Gasteiger charge is 2.37. The maximum atomic E-state index is 13.4. The Morgan fingerprint density at radius 1 is 1.29 bits per heavy atom. The average molecular weight is 384 g/mol. The van der Waals surface area contributed by atoms with Crippen LogP contribution in [0.15, 0.2) is 24.3 Å². The zero-order valence-corrected chi connectivity index (χ0v) is 16.1.